The molecule has 2 fully saturated rings. The summed E-state index contributed by atoms with van der Waals surface area (Å²) in [5.74, 6) is 0.255. The molecule has 4 heteroatoms. The van der Waals surface area contributed by atoms with Crippen molar-refractivity contribution in [1.29, 1.82) is 0 Å². The van der Waals surface area contributed by atoms with Crippen molar-refractivity contribution in [3.63, 3.8) is 0 Å². The molecule has 3 nitrogen and oxygen atoms in total. The number of allylic oxidation sites excluding steroid dienone is 1. The average molecular weight is 286 g/mol. The van der Waals surface area contributed by atoms with Crippen molar-refractivity contribution in [1.82, 2.24) is 0 Å². The predicted octanol–water partition coefficient (Wildman–Crippen LogP) is 4.25. The maximum absolute atomic E-state index is 12.3. The lowest BCUT2D eigenvalue weighted by Crippen LogP contribution is -2.44. The van der Waals surface area contributed by atoms with Crippen molar-refractivity contribution in [3.05, 3.63) is 12.7 Å². The lowest BCUT2D eigenvalue weighted by Gasteiger charge is -2.47. The molecular weight excluding hydrogens is 259 g/mol. The van der Waals surface area contributed by atoms with E-state index in [-0.39, 0.29) is 11.8 Å². The van der Waals surface area contributed by atoms with Crippen LogP contribution >= 0.6 is 7.60 Å². The molecule has 0 aliphatic heterocycles. The van der Waals surface area contributed by atoms with Crippen LogP contribution in [0, 0.1) is 11.8 Å². The van der Waals surface area contributed by atoms with Crippen LogP contribution in [0.15, 0.2) is 12.7 Å². The van der Waals surface area contributed by atoms with Gasteiger partial charge in [-0.05, 0) is 37.5 Å². The van der Waals surface area contributed by atoms with E-state index in [4.69, 9.17) is 0 Å². The monoisotopic (exact) mass is 286 g/mol. The van der Waals surface area contributed by atoms with Crippen molar-refractivity contribution in [2.45, 2.75) is 69.4 Å². The van der Waals surface area contributed by atoms with Gasteiger partial charge in [0, 0.05) is 0 Å². The summed E-state index contributed by atoms with van der Waals surface area (Å²) in [4.78, 5) is 20.1. The highest BCUT2D eigenvalue weighted by Gasteiger charge is 2.55. The minimum atomic E-state index is -4.16. The number of hydrogen-bond donors (Lipinski definition) is 2. The zero-order chi connectivity index (χ0) is 13.9. The normalized spacial score (nSPS) is 24.3. The first-order chi connectivity index (χ1) is 9.02. The van der Waals surface area contributed by atoms with Crippen LogP contribution in [0.4, 0.5) is 0 Å². The topological polar surface area (TPSA) is 57.5 Å². The highest BCUT2D eigenvalue weighted by atomic mass is 31.2. The Morgan fingerprint density at radius 1 is 0.895 bits per heavy atom. The molecule has 19 heavy (non-hydrogen) atoms. The maximum atomic E-state index is 12.3. The molecule has 0 aromatic rings. The van der Waals surface area contributed by atoms with Crippen molar-refractivity contribution in [2.75, 3.05) is 0 Å². The molecular formula is C15H27O3P. The highest BCUT2D eigenvalue weighted by Crippen LogP contribution is 2.64. The van der Waals surface area contributed by atoms with E-state index in [9.17, 15) is 14.4 Å². The number of rotatable bonds is 4. The molecule has 0 saturated heterocycles. The first-order valence-electron chi connectivity index (χ1n) is 7.71. The van der Waals surface area contributed by atoms with Crippen LogP contribution in [0.5, 0.6) is 0 Å². The summed E-state index contributed by atoms with van der Waals surface area (Å²) in [5, 5.41) is -0.951. The summed E-state index contributed by atoms with van der Waals surface area (Å²) in [6.07, 6.45) is 12.3. The minimum absolute atomic E-state index is 0.127. The molecule has 0 radical (unpaired) electrons. The van der Waals surface area contributed by atoms with Crippen molar-refractivity contribution in [3.8, 4) is 0 Å². The van der Waals surface area contributed by atoms with Gasteiger partial charge in [0.15, 0.2) is 0 Å². The zero-order valence-corrected chi connectivity index (χ0v) is 12.7. The Kier molecular flexibility index (Phi) is 4.92. The molecule has 2 saturated carbocycles. The van der Waals surface area contributed by atoms with E-state index < -0.39 is 12.8 Å². The second-order valence-corrected chi connectivity index (χ2v) is 8.17. The first kappa shape index (κ1) is 15.3. The van der Waals surface area contributed by atoms with Crippen LogP contribution in [0.2, 0.25) is 0 Å². The van der Waals surface area contributed by atoms with Crippen LogP contribution in [0.25, 0.3) is 0 Å². The predicted molar refractivity (Wildman–Crippen MR) is 78.1 cm³/mol. The van der Waals surface area contributed by atoms with E-state index in [0.29, 0.717) is 0 Å². The number of hydrogen-bond acceptors (Lipinski definition) is 1. The third kappa shape index (κ3) is 2.84. The van der Waals surface area contributed by atoms with E-state index in [2.05, 4.69) is 6.58 Å². The van der Waals surface area contributed by atoms with Gasteiger partial charge in [-0.3, -0.25) is 4.57 Å². The van der Waals surface area contributed by atoms with Gasteiger partial charge in [-0.15, -0.1) is 6.58 Å². The molecule has 0 spiro atoms. The molecule has 2 aliphatic carbocycles. The minimum Gasteiger partial charge on any atom is -0.324 e. The Bertz CT molecular complexity index is 330. The summed E-state index contributed by atoms with van der Waals surface area (Å²) in [6.45, 7) is 3.86. The Balaban J connectivity index is 2.34. The quantitative estimate of drug-likeness (QED) is 0.600. The molecule has 0 bridgehead atoms. The van der Waals surface area contributed by atoms with Gasteiger partial charge in [0.05, 0.1) is 5.16 Å². The standard InChI is InChI=1S/C15H27O3P/c1-2-15(19(16,17)18,13-9-5-3-6-10-13)14-11-7-4-8-12-14/h2,13-14H,1,3-12H2,(H2,16,17,18). The molecule has 0 aromatic carbocycles. The fourth-order valence-electron chi connectivity index (χ4n) is 4.39. The van der Waals surface area contributed by atoms with Crippen LogP contribution < -0.4 is 0 Å². The molecule has 2 N–H and O–H groups in total. The summed E-state index contributed by atoms with van der Waals surface area (Å²) in [7, 11) is -4.16. The zero-order valence-electron chi connectivity index (χ0n) is 11.8. The fourth-order valence-corrected chi connectivity index (χ4v) is 6.10. The van der Waals surface area contributed by atoms with E-state index in [1.165, 1.54) is 12.8 Å². The molecule has 0 aromatic heterocycles. The Morgan fingerprint density at radius 2 is 1.26 bits per heavy atom. The molecule has 0 unspecified atom stereocenters. The molecule has 0 amide bonds. The van der Waals surface area contributed by atoms with Gasteiger partial charge in [-0.1, -0.05) is 44.6 Å². The van der Waals surface area contributed by atoms with Gasteiger partial charge >= 0.3 is 7.60 Å². The molecule has 0 heterocycles. The second-order valence-electron chi connectivity index (χ2n) is 6.31. The molecule has 2 rings (SSSR count). The van der Waals surface area contributed by atoms with Gasteiger partial charge in [0.25, 0.3) is 0 Å². The molecule has 110 valence electrons. The van der Waals surface area contributed by atoms with Gasteiger partial charge in [0.2, 0.25) is 0 Å². The van der Waals surface area contributed by atoms with Crippen LogP contribution in [0.3, 0.4) is 0 Å². The Hall–Kier alpha value is -0.110. The lowest BCUT2D eigenvalue weighted by atomic mass is 9.69. The summed E-state index contributed by atoms with van der Waals surface area (Å²) in [5.41, 5.74) is 0. The Morgan fingerprint density at radius 3 is 1.53 bits per heavy atom. The van der Waals surface area contributed by atoms with Gasteiger partial charge < -0.3 is 9.79 Å². The van der Waals surface area contributed by atoms with Crippen LogP contribution in [0.1, 0.15) is 64.2 Å². The summed E-state index contributed by atoms with van der Waals surface area (Å²) >= 11 is 0. The van der Waals surface area contributed by atoms with Crippen molar-refractivity contribution in [2.24, 2.45) is 11.8 Å². The van der Waals surface area contributed by atoms with Gasteiger partial charge in [-0.25, -0.2) is 0 Å². The van der Waals surface area contributed by atoms with E-state index in [1.807, 2.05) is 0 Å². The van der Waals surface area contributed by atoms with Crippen molar-refractivity contribution >= 4 is 7.60 Å². The van der Waals surface area contributed by atoms with Crippen molar-refractivity contribution < 1.29 is 14.4 Å². The Labute approximate surface area is 116 Å². The van der Waals surface area contributed by atoms with Crippen LogP contribution in [-0.4, -0.2) is 14.9 Å². The highest BCUT2D eigenvalue weighted by molar-refractivity contribution is 7.53. The lowest BCUT2D eigenvalue weighted by molar-refractivity contribution is 0.169. The van der Waals surface area contributed by atoms with Gasteiger partial charge in [0.1, 0.15) is 0 Å². The molecule has 2 aliphatic rings. The second kappa shape index (κ2) is 6.11. The SMILES string of the molecule is C=CC(C1CCCCC1)(C1CCCCC1)P(=O)(O)O. The smallest absolute Gasteiger partial charge is 0.324 e. The maximum Gasteiger partial charge on any atom is 0.335 e. The summed E-state index contributed by atoms with van der Waals surface area (Å²) < 4.78 is 12.3. The average Bonchev–Trinajstić information content (AvgIpc) is 2.41. The molecule has 0 atom stereocenters. The van der Waals surface area contributed by atoms with E-state index in [0.717, 1.165) is 51.4 Å². The van der Waals surface area contributed by atoms with E-state index >= 15 is 0 Å². The largest absolute Gasteiger partial charge is 0.335 e. The summed E-state index contributed by atoms with van der Waals surface area (Å²) in [6, 6.07) is 0. The van der Waals surface area contributed by atoms with Crippen LogP contribution in [-0.2, 0) is 4.57 Å². The van der Waals surface area contributed by atoms with E-state index in [1.54, 1.807) is 6.08 Å². The van der Waals surface area contributed by atoms with Gasteiger partial charge in [-0.2, -0.15) is 0 Å². The fraction of sp³-hybridized carbons (Fsp3) is 0.867. The third-order valence-corrected chi connectivity index (χ3v) is 7.27. The third-order valence-electron chi connectivity index (χ3n) is 5.35. The first-order valence-corrected chi connectivity index (χ1v) is 9.33.